The van der Waals surface area contributed by atoms with Gasteiger partial charge >= 0.3 is 0 Å². The summed E-state index contributed by atoms with van der Waals surface area (Å²) in [7, 11) is 1.61. The molecule has 1 aliphatic carbocycles. The van der Waals surface area contributed by atoms with Crippen LogP contribution in [0.5, 0.6) is 0 Å². The van der Waals surface area contributed by atoms with Crippen LogP contribution in [0.4, 0.5) is 14.5 Å². The molecule has 2 aromatic rings. The number of carbonyl (C=O) groups excluding carboxylic acids is 2. The van der Waals surface area contributed by atoms with Gasteiger partial charge in [-0.1, -0.05) is 6.58 Å². The zero-order chi connectivity index (χ0) is 18.8. The molecule has 1 unspecified atom stereocenters. The average Bonchev–Trinajstić information content (AvgIpc) is 3.03. The number of hydrogen-bond donors (Lipinski definition) is 1. The van der Waals surface area contributed by atoms with Gasteiger partial charge in [-0.3, -0.25) is 9.59 Å². The third-order valence-corrected chi connectivity index (χ3v) is 4.58. The molecule has 0 bridgehead atoms. The van der Waals surface area contributed by atoms with E-state index in [0.717, 1.165) is 6.07 Å². The number of nitrogens with zero attached hydrogens (tertiary/aromatic N) is 1. The van der Waals surface area contributed by atoms with Gasteiger partial charge in [0.1, 0.15) is 11.6 Å². The van der Waals surface area contributed by atoms with Crippen molar-refractivity contribution in [1.29, 1.82) is 0 Å². The number of nitrogens with one attached hydrogen (secondary N) is 1. The summed E-state index contributed by atoms with van der Waals surface area (Å²) >= 11 is 0. The monoisotopic (exact) mass is 356 g/mol. The summed E-state index contributed by atoms with van der Waals surface area (Å²) in [6, 6.07) is 8.21. The Hall–Kier alpha value is -3.02. The van der Waals surface area contributed by atoms with Crippen LogP contribution in [0, 0.1) is 11.6 Å². The lowest BCUT2D eigenvalue weighted by atomic mass is 10.1. The number of rotatable bonds is 4. The zero-order valence-electron chi connectivity index (χ0n) is 14.3. The van der Waals surface area contributed by atoms with Gasteiger partial charge in [-0.2, -0.15) is 0 Å². The van der Waals surface area contributed by atoms with E-state index in [0.29, 0.717) is 35.2 Å². The highest BCUT2D eigenvalue weighted by molar-refractivity contribution is 6.01. The number of carbonyl (C=O) groups is 2. The Kier molecular flexibility index (Phi) is 4.84. The molecule has 26 heavy (non-hydrogen) atoms. The molecule has 1 N–H and O–H groups in total. The van der Waals surface area contributed by atoms with Crippen LogP contribution < -0.4 is 10.2 Å². The molecule has 0 aromatic heterocycles. The molecule has 1 aliphatic rings. The van der Waals surface area contributed by atoms with Crippen LogP contribution in [0.3, 0.4) is 0 Å². The zero-order valence-corrected chi connectivity index (χ0v) is 14.3. The molecular formula is C20H18F2N2O2. The smallest absolute Gasteiger partial charge is 0.251 e. The van der Waals surface area contributed by atoms with Crippen LogP contribution >= 0.6 is 0 Å². The topological polar surface area (TPSA) is 49.4 Å². The first-order valence-electron chi connectivity index (χ1n) is 8.19. The van der Waals surface area contributed by atoms with E-state index in [-0.39, 0.29) is 11.8 Å². The van der Waals surface area contributed by atoms with Gasteiger partial charge in [0, 0.05) is 24.4 Å². The quantitative estimate of drug-likeness (QED) is 0.852. The third-order valence-electron chi connectivity index (χ3n) is 4.58. The summed E-state index contributed by atoms with van der Waals surface area (Å²) in [6.45, 7) is 3.43. The van der Waals surface area contributed by atoms with Crippen molar-refractivity contribution in [3.63, 3.8) is 0 Å². The molecule has 1 atom stereocenters. The van der Waals surface area contributed by atoms with Gasteiger partial charge in [0.15, 0.2) is 0 Å². The highest BCUT2D eigenvalue weighted by Gasteiger charge is 2.27. The summed E-state index contributed by atoms with van der Waals surface area (Å²) in [6.07, 6.45) is 2.19. The van der Waals surface area contributed by atoms with Crippen LogP contribution in [-0.4, -0.2) is 18.9 Å². The molecule has 3 rings (SSSR count). The maximum atomic E-state index is 13.8. The van der Waals surface area contributed by atoms with Crippen LogP contribution in [0.15, 0.2) is 49.1 Å². The van der Waals surface area contributed by atoms with Gasteiger partial charge in [-0.15, -0.1) is 0 Å². The van der Waals surface area contributed by atoms with Crippen LogP contribution in [0.25, 0.3) is 0 Å². The molecule has 0 heterocycles. The summed E-state index contributed by atoms with van der Waals surface area (Å²) in [5.74, 6) is -1.82. The molecule has 0 saturated heterocycles. The number of hydrogen-bond acceptors (Lipinski definition) is 2. The Labute approximate surface area is 150 Å². The summed E-state index contributed by atoms with van der Waals surface area (Å²) in [4.78, 5) is 25.5. The molecule has 0 radical (unpaired) electrons. The molecule has 2 amide bonds. The largest absolute Gasteiger partial charge is 0.345 e. The lowest BCUT2D eigenvalue weighted by Gasteiger charge is -2.17. The van der Waals surface area contributed by atoms with Gasteiger partial charge in [0.05, 0.1) is 6.04 Å². The summed E-state index contributed by atoms with van der Waals surface area (Å²) in [5, 5.41) is 2.82. The highest BCUT2D eigenvalue weighted by atomic mass is 19.1. The normalized spacial score (nSPS) is 15.3. The van der Waals surface area contributed by atoms with E-state index in [1.54, 1.807) is 31.3 Å². The molecule has 0 aliphatic heterocycles. The van der Waals surface area contributed by atoms with Gasteiger partial charge in [-0.05, 0) is 60.4 Å². The lowest BCUT2D eigenvalue weighted by Crippen LogP contribution is -2.27. The SMILES string of the molecule is C=CC(=O)N(C)c1ccc(C(=O)NC2CCc3c(F)cc(F)cc32)cc1. The van der Waals surface area contributed by atoms with E-state index in [1.165, 1.54) is 17.0 Å². The Morgan fingerprint density at radius 2 is 1.92 bits per heavy atom. The predicted octanol–water partition coefficient (Wildman–Crippen LogP) is 3.53. The lowest BCUT2D eigenvalue weighted by molar-refractivity contribution is -0.113. The van der Waals surface area contributed by atoms with Gasteiger partial charge in [0.25, 0.3) is 5.91 Å². The van der Waals surface area contributed by atoms with E-state index < -0.39 is 17.7 Å². The molecule has 0 spiro atoms. The maximum absolute atomic E-state index is 13.8. The second-order valence-electron chi connectivity index (χ2n) is 6.17. The summed E-state index contributed by atoms with van der Waals surface area (Å²) < 4.78 is 27.3. The minimum Gasteiger partial charge on any atom is -0.345 e. The van der Waals surface area contributed by atoms with Gasteiger partial charge < -0.3 is 10.2 Å². The Balaban J connectivity index is 1.74. The minimum absolute atomic E-state index is 0.256. The second-order valence-corrected chi connectivity index (χ2v) is 6.17. The van der Waals surface area contributed by atoms with Crippen LogP contribution in [-0.2, 0) is 11.2 Å². The number of fused-ring (bicyclic) bond motifs is 1. The number of anilines is 1. The Bertz CT molecular complexity index is 878. The van der Waals surface area contributed by atoms with Crippen molar-refractivity contribution in [3.05, 3.63) is 77.4 Å². The van der Waals surface area contributed by atoms with E-state index in [9.17, 15) is 18.4 Å². The molecule has 134 valence electrons. The van der Waals surface area contributed by atoms with Gasteiger partial charge in [0.2, 0.25) is 5.91 Å². The standard InChI is InChI=1S/C20H18F2N2O2/c1-3-19(25)24(2)14-6-4-12(5-7-14)20(26)23-18-9-8-15-16(18)10-13(21)11-17(15)22/h3-7,10-11,18H,1,8-9H2,2H3,(H,23,26). The third kappa shape index (κ3) is 3.35. The van der Waals surface area contributed by atoms with Crippen molar-refractivity contribution < 1.29 is 18.4 Å². The number of benzene rings is 2. The molecule has 0 fully saturated rings. The first-order chi connectivity index (χ1) is 12.4. The molecule has 6 heteroatoms. The fraction of sp³-hybridized carbons (Fsp3) is 0.200. The van der Waals surface area contributed by atoms with Crippen molar-refractivity contribution in [2.45, 2.75) is 18.9 Å². The first-order valence-corrected chi connectivity index (χ1v) is 8.19. The first kappa shape index (κ1) is 17.8. The van der Waals surface area contributed by atoms with Crippen LogP contribution in [0.1, 0.15) is 33.9 Å². The second kappa shape index (κ2) is 7.07. The van der Waals surface area contributed by atoms with Crippen molar-refractivity contribution in [2.75, 3.05) is 11.9 Å². The van der Waals surface area contributed by atoms with Crippen molar-refractivity contribution >= 4 is 17.5 Å². The van der Waals surface area contributed by atoms with Crippen molar-refractivity contribution in [3.8, 4) is 0 Å². The predicted molar refractivity (Wildman–Crippen MR) is 94.9 cm³/mol. The van der Waals surface area contributed by atoms with E-state index in [1.807, 2.05) is 0 Å². The number of likely N-dealkylation sites (N-methyl/N-ethyl adjacent to an activating group) is 1. The highest BCUT2D eigenvalue weighted by Crippen LogP contribution is 2.33. The summed E-state index contributed by atoms with van der Waals surface area (Å²) in [5.41, 5.74) is 1.97. The minimum atomic E-state index is -0.651. The molecule has 0 saturated carbocycles. The fourth-order valence-electron chi connectivity index (χ4n) is 3.13. The maximum Gasteiger partial charge on any atom is 0.251 e. The van der Waals surface area contributed by atoms with Gasteiger partial charge in [-0.25, -0.2) is 8.78 Å². The van der Waals surface area contributed by atoms with E-state index >= 15 is 0 Å². The molecule has 4 nitrogen and oxygen atoms in total. The number of halogens is 2. The van der Waals surface area contributed by atoms with E-state index in [4.69, 9.17) is 0 Å². The number of amides is 2. The van der Waals surface area contributed by atoms with Crippen molar-refractivity contribution in [2.24, 2.45) is 0 Å². The Morgan fingerprint density at radius 1 is 1.23 bits per heavy atom. The Morgan fingerprint density at radius 3 is 2.58 bits per heavy atom. The van der Waals surface area contributed by atoms with E-state index in [2.05, 4.69) is 11.9 Å². The van der Waals surface area contributed by atoms with Crippen LogP contribution in [0.2, 0.25) is 0 Å². The molecule has 2 aromatic carbocycles. The fourth-order valence-corrected chi connectivity index (χ4v) is 3.13. The average molecular weight is 356 g/mol. The molecular weight excluding hydrogens is 338 g/mol. The van der Waals surface area contributed by atoms with Crippen molar-refractivity contribution in [1.82, 2.24) is 5.32 Å².